The number of carboxylic acid groups (broad SMARTS) is 1. The lowest BCUT2D eigenvalue weighted by atomic mass is 9.97. The molecule has 4 rings (SSSR count). The van der Waals surface area contributed by atoms with Crippen molar-refractivity contribution in [2.45, 2.75) is 13.0 Å². The number of morpholine rings is 1. The molecule has 2 aromatic rings. The Kier molecular flexibility index (Phi) is 4.81. The molecule has 0 saturated carbocycles. The van der Waals surface area contributed by atoms with E-state index in [9.17, 15) is 14.7 Å². The van der Waals surface area contributed by atoms with Crippen molar-refractivity contribution < 1.29 is 19.4 Å². The fourth-order valence-corrected chi connectivity index (χ4v) is 3.68. The number of benzene rings is 2. The van der Waals surface area contributed by atoms with Crippen LogP contribution in [-0.4, -0.2) is 54.7 Å². The maximum absolute atomic E-state index is 12.9. The molecule has 1 N–H and O–H groups in total. The number of hydrogen-bond acceptors (Lipinski definition) is 4. The van der Waals surface area contributed by atoms with Gasteiger partial charge in [-0.05, 0) is 53.9 Å². The molecule has 27 heavy (non-hydrogen) atoms. The third kappa shape index (κ3) is 3.66. The highest BCUT2D eigenvalue weighted by Crippen LogP contribution is 2.23. The van der Waals surface area contributed by atoms with Gasteiger partial charge in [-0.25, -0.2) is 4.79 Å². The van der Waals surface area contributed by atoms with Gasteiger partial charge in [0, 0.05) is 37.4 Å². The summed E-state index contributed by atoms with van der Waals surface area (Å²) in [5, 5.41) is 9.18. The normalized spacial score (nSPS) is 16.7. The molecule has 0 atom stereocenters. The summed E-state index contributed by atoms with van der Waals surface area (Å²) in [6.45, 7) is 4.27. The highest BCUT2D eigenvalue weighted by atomic mass is 16.5. The standard InChI is InChI=1S/C21H22N2O4/c24-20(16-3-5-19(6-4-16)22-9-11-27-12-10-22)23-8-7-15-1-2-17(21(25)26)13-18(15)14-23/h1-6,13H,7-12,14H2,(H,25,26). The van der Waals surface area contributed by atoms with Crippen molar-refractivity contribution >= 4 is 17.6 Å². The number of ether oxygens (including phenoxy) is 1. The molecule has 0 radical (unpaired) electrons. The summed E-state index contributed by atoms with van der Waals surface area (Å²) in [5.41, 5.74) is 4.05. The van der Waals surface area contributed by atoms with E-state index in [4.69, 9.17) is 4.74 Å². The first-order chi connectivity index (χ1) is 13.1. The number of aromatic carboxylic acids is 1. The summed E-state index contributed by atoms with van der Waals surface area (Å²) < 4.78 is 5.38. The van der Waals surface area contributed by atoms with E-state index in [1.54, 1.807) is 17.0 Å². The number of nitrogens with zero attached hydrogens (tertiary/aromatic N) is 2. The fourth-order valence-electron chi connectivity index (χ4n) is 3.68. The highest BCUT2D eigenvalue weighted by molar-refractivity contribution is 5.95. The molecule has 0 unspecified atom stereocenters. The van der Waals surface area contributed by atoms with Gasteiger partial charge in [0.2, 0.25) is 0 Å². The van der Waals surface area contributed by atoms with Crippen LogP contribution < -0.4 is 4.90 Å². The summed E-state index contributed by atoms with van der Waals surface area (Å²) in [6, 6.07) is 12.9. The number of carbonyl (C=O) groups excluding carboxylic acids is 1. The Morgan fingerprint density at radius 2 is 1.59 bits per heavy atom. The molecule has 1 amide bonds. The second-order valence-electron chi connectivity index (χ2n) is 6.91. The maximum Gasteiger partial charge on any atom is 0.335 e. The molecule has 0 bridgehead atoms. The molecule has 1 saturated heterocycles. The van der Waals surface area contributed by atoms with Gasteiger partial charge in [0.15, 0.2) is 0 Å². The molecular formula is C21H22N2O4. The number of fused-ring (bicyclic) bond motifs is 1. The molecule has 1 fully saturated rings. The Morgan fingerprint density at radius 1 is 0.889 bits per heavy atom. The van der Waals surface area contributed by atoms with Crippen LogP contribution in [-0.2, 0) is 17.7 Å². The molecule has 140 valence electrons. The van der Waals surface area contributed by atoms with Crippen LogP contribution in [0, 0.1) is 0 Å². The van der Waals surface area contributed by atoms with E-state index >= 15 is 0 Å². The monoisotopic (exact) mass is 366 g/mol. The largest absolute Gasteiger partial charge is 0.478 e. The number of hydrogen-bond donors (Lipinski definition) is 1. The van der Waals surface area contributed by atoms with Gasteiger partial charge in [0.25, 0.3) is 5.91 Å². The van der Waals surface area contributed by atoms with E-state index in [0.717, 1.165) is 49.5 Å². The number of anilines is 1. The predicted octanol–water partition coefficient (Wildman–Crippen LogP) is 2.42. The Labute approximate surface area is 158 Å². The topological polar surface area (TPSA) is 70.1 Å². The lowest BCUT2D eigenvalue weighted by molar-refractivity contribution is 0.0696. The summed E-state index contributed by atoms with van der Waals surface area (Å²) in [7, 11) is 0. The van der Waals surface area contributed by atoms with Gasteiger partial charge in [0.1, 0.15) is 0 Å². The van der Waals surface area contributed by atoms with Crippen molar-refractivity contribution in [1.82, 2.24) is 4.90 Å². The average molecular weight is 366 g/mol. The van der Waals surface area contributed by atoms with Crippen LogP contribution >= 0.6 is 0 Å². The van der Waals surface area contributed by atoms with Crippen molar-refractivity contribution in [2.75, 3.05) is 37.7 Å². The van der Waals surface area contributed by atoms with Crippen LogP contribution in [0.1, 0.15) is 31.8 Å². The molecule has 6 heteroatoms. The van der Waals surface area contributed by atoms with Crippen molar-refractivity contribution in [3.05, 3.63) is 64.7 Å². The smallest absolute Gasteiger partial charge is 0.335 e. The molecule has 2 aliphatic rings. The van der Waals surface area contributed by atoms with Gasteiger partial charge in [-0.1, -0.05) is 6.07 Å². The Bertz CT molecular complexity index is 857. The Balaban J connectivity index is 1.48. The second-order valence-corrected chi connectivity index (χ2v) is 6.91. The third-order valence-corrected chi connectivity index (χ3v) is 5.24. The highest BCUT2D eigenvalue weighted by Gasteiger charge is 2.23. The van der Waals surface area contributed by atoms with Crippen LogP contribution in [0.25, 0.3) is 0 Å². The predicted molar refractivity (Wildman–Crippen MR) is 101 cm³/mol. The SMILES string of the molecule is O=C(O)c1ccc2c(c1)CN(C(=O)c1ccc(N3CCOCC3)cc1)CC2. The Morgan fingerprint density at radius 3 is 2.30 bits per heavy atom. The van der Waals surface area contributed by atoms with Gasteiger partial charge in [-0.15, -0.1) is 0 Å². The van der Waals surface area contributed by atoms with E-state index in [1.807, 2.05) is 30.3 Å². The first kappa shape index (κ1) is 17.5. The zero-order valence-corrected chi connectivity index (χ0v) is 15.1. The number of carboxylic acids is 1. The molecule has 2 heterocycles. The summed E-state index contributed by atoms with van der Waals surface area (Å²) >= 11 is 0. The van der Waals surface area contributed by atoms with Crippen LogP contribution in [0.15, 0.2) is 42.5 Å². The molecule has 2 aliphatic heterocycles. The number of amides is 1. The number of carbonyl (C=O) groups is 2. The molecule has 0 aromatic heterocycles. The van der Waals surface area contributed by atoms with Crippen LogP contribution in [0.4, 0.5) is 5.69 Å². The van der Waals surface area contributed by atoms with Gasteiger partial charge >= 0.3 is 5.97 Å². The summed E-state index contributed by atoms with van der Waals surface area (Å²) in [4.78, 5) is 28.1. The van der Waals surface area contributed by atoms with Crippen molar-refractivity contribution in [1.29, 1.82) is 0 Å². The minimum atomic E-state index is -0.944. The van der Waals surface area contributed by atoms with Crippen LogP contribution in [0.3, 0.4) is 0 Å². The minimum absolute atomic E-state index is 0.0186. The first-order valence-electron chi connectivity index (χ1n) is 9.19. The van der Waals surface area contributed by atoms with Crippen molar-refractivity contribution in [2.24, 2.45) is 0 Å². The average Bonchev–Trinajstić information content (AvgIpc) is 2.73. The van der Waals surface area contributed by atoms with E-state index < -0.39 is 5.97 Å². The lowest BCUT2D eigenvalue weighted by Crippen LogP contribution is -2.37. The van der Waals surface area contributed by atoms with E-state index in [1.165, 1.54) is 0 Å². The van der Waals surface area contributed by atoms with E-state index in [0.29, 0.717) is 18.7 Å². The van der Waals surface area contributed by atoms with Crippen LogP contribution in [0.5, 0.6) is 0 Å². The molecular weight excluding hydrogens is 344 g/mol. The fraction of sp³-hybridized carbons (Fsp3) is 0.333. The Hall–Kier alpha value is -2.86. The van der Waals surface area contributed by atoms with Crippen molar-refractivity contribution in [3.8, 4) is 0 Å². The summed E-state index contributed by atoms with van der Waals surface area (Å²) in [6.07, 6.45) is 0.743. The van der Waals surface area contributed by atoms with Gasteiger partial charge in [-0.3, -0.25) is 4.79 Å². The first-order valence-corrected chi connectivity index (χ1v) is 9.19. The van der Waals surface area contributed by atoms with Gasteiger partial charge in [0.05, 0.1) is 18.8 Å². The molecule has 6 nitrogen and oxygen atoms in total. The number of rotatable bonds is 3. The zero-order chi connectivity index (χ0) is 18.8. The molecule has 0 spiro atoms. The van der Waals surface area contributed by atoms with Gasteiger partial charge < -0.3 is 19.6 Å². The van der Waals surface area contributed by atoms with Crippen molar-refractivity contribution in [3.63, 3.8) is 0 Å². The maximum atomic E-state index is 12.9. The molecule has 2 aromatic carbocycles. The van der Waals surface area contributed by atoms with Crippen LogP contribution in [0.2, 0.25) is 0 Å². The zero-order valence-electron chi connectivity index (χ0n) is 15.1. The summed E-state index contributed by atoms with van der Waals surface area (Å²) in [5.74, 6) is -0.963. The third-order valence-electron chi connectivity index (χ3n) is 5.24. The van der Waals surface area contributed by atoms with E-state index in [-0.39, 0.29) is 11.5 Å². The molecule has 0 aliphatic carbocycles. The van der Waals surface area contributed by atoms with E-state index in [2.05, 4.69) is 4.90 Å². The lowest BCUT2D eigenvalue weighted by Gasteiger charge is -2.30. The quantitative estimate of drug-likeness (QED) is 0.903. The van der Waals surface area contributed by atoms with Gasteiger partial charge in [-0.2, -0.15) is 0 Å². The minimum Gasteiger partial charge on any atom is -0.478 e. The second kappa shape index (κ2) is 7.40.